The van der Waals surface area contributed by atoms with Crippen molar-refractivity contribution in [1.29, 1.82) is 0 Å². The average molecular weight is 157 g/mol. The highest BCUT2D eigenvalue weighted by molar-refractivity contribution is 5.06. The highest BCUT2D eigenvalue weighted by Crippen LogP contribution is 2.42. The van der Waals surface area contributed by atoms with Crippen molar-refractivity contribution in [3.63, 3.8) is 0 Å². The van der Waals surface area contributed by atoms with Gasteiger partial charge < -0.3 is 10.8 Å². The summed E-state index contributed by atoms with van der Waals surface area (Å²) in [6.45, 7) is 6.09. The molecule has 0 spiro atoms. The van der Waals surface area contributed by atoms with Crippen molar-refractivity contribution in [1.82, 2.24) is 0 Å². The van der Waals surface area contributed by atoms with Gasteiger partial charge in [0, 0.05) is 5.54 Å². The molecule has 0 radical (unpaired) electrons. The summed E-state index contributed by atoms with van der Waals surface area (Å²) < 4.78 is 0. The van der Waals surface area contributed by atoms with Crippen LogP contribution in [0, 0.1) is 5.92 Å². The van der Waals surface area contributed by atoms with E-state index >= 15 is 0 Å². The van der Waals surface area contributed by atoms with Gasteiger partial charge in [-0.05, 0) is 32.1 Å². The van der Waals surface area contributed by atoms with Gasteiger partial charge in [0.15, 0.2) is 0 Å². The lowest BCUT2D eigenvalue weighted by atomic mass is 9.63. The summed E-state index contributed by atoms with van der Waals surface area (Å²) in [7, 11) is 0. The summed E-state index contributed by atoms with van der Waals surface area (Å²) in [5.41, 5.74) is 5.06. The molecular formula is C9H19NO. The van der Waals surface area contributed by atoms with E-state index in [4.69, 9.17) is 5.73 Å². The molecule has 1 atom stereocenters. The predicted octanol–water partition coefficient (Wildman–Crippen LogP) is 1.27. The normalized spacial score (nSPS) is 27.8. The molecule has 0 heterocycles. The minimum absolute atomic E-state index is 0.341. The molecule has 1 saturated carbocycles. The van der Waals surface area contributed by atoms with Crippen LogP contribution in [-0.4, -0.2) is 16.2 Å². The van der Waals surface area contributed by atoms with Crippen molar-refractivity contribution >= 4 is 0 Å². The van der Waals surface area contributed by atoms with Crippen molar-refractivity contribution in [2.24, 2.45) is 11.7 Å². The van der Waals surface area contributed by atoms with Gasteiger partial charge in [-0.15, -0.1) is 0 Å². The Labute approximate surface area is 68.8 Å². The minimum atomic E-state index is -0.582. The summed E-state index contributed by atoms with van der Waals surface area (Å²) in [6, 6.07) is 0. The summed E-state index contributed by atoms with van der Waals surface area (Å²) in [4.78, 5) is 0. The summed E-state index contributed by atoms with van der Waals surface area (Å²) in [6.07, 6.45) is 2.87. The van der Waals surface area contributed by atoms with Crippen LogP contribution < -0.4 is 5.73 Å². The van der Waals surface area contributed by atoms with Crippen LogP contribution in [0.2, 0.25) is 0 Å². The number of rotatable bonds is 2. The lowest BCUT2D eigenvalue weighted by Gasteiger charge is -2.51. The molecule has 0 aliphatic heterocycles. The van der Waals surface area contributed by atoms with Crippen molar-refractivity contribution < 1.29 is 5.11 Å². The van der Waals surface area contributed by atoms with Gasteiger partial charge in [0.1, 0.15) is 0 Å². The van der Waals surface area contributed by atoms with E-state index in [1.807, 2.05) is 6.92 Å². The smallest absolute Gasteiger partial charge is 0.0826 e. The van der Waals surface area contributed by atoms with E-state index < -0.39 is 11.1 Å². The lowest BCUT2D eigenvalue weighted by Crippen LogP contribution is -2.64. The SMILES string of the molecule is CC(C)C(C)(N)C1(O)CCC1. The first-order valence-corrected chi connectivity index (χ1v) is 4.41. The summed E-state index contributed by atoms with van der Waals surface area (Å²) in [5.74, 6) is 0.341. The van der Waals surface area contributed by atoms with Crippen LogP contribution in [0.5, 0.6) is 0 Å². The van der Waals surface area contributed by atoms with Gasteiger partial charge in [0.25, 0.3) is 0 Å². The van der Waals surface area contributed by atoms with E-state index in [9.17, 15) is 5.11 Å². The molecule has 0 aromatic carbocycles. The van der Waals surface area contributed by atoms with Crippen LogP contribution >= 0.6 is 0 Å². The molecular weight excluding hydrogens is 138 g/mol. The molecule has 0 bridgehead atoms. The fourth-order valence-electron chi connectivity index (χ4n) is 1.59. The number of nitrogens with two attached hydrogens (primary N) is 1. The van der Waals surface area contributed by atoms with Gasteiger partial charge in [0.2, 0.25) is 0 Å². The molecule has 3 N–H and O–H groups in total. The molecule has 2 nitrogen and oxygen atoms in total. The Morgan fingerprint density at radius 3 is 2.00 bits per heavy atom. The van der Waals surface area contributed by atoms with Crippen LogP contribution in [0.3, 0.4) is 0 Å². The maximum Gasteiger partial charge on any atom is 0.0826 e. The molecule has 0 aromatic rings. The molecule has 0 amide bonds. The van der Waals surface area contributed by atoms with Crippen LogP contribution in [-0.2, 0) is 0 Å². The van der Waals surface area contributed by atoms with E-state index in [0.717, 1.165) is 19.3 Å². The standard InChI is InChI=1S/C9H19NO/c1-7(2)8(3,10)9(11)5-4-6-9/h7,11H,4-6,10H2,1-3H3. The number of hydrogen-bond acceptors (Lipinski definition) is 2. The maximum atomic E-state index is 9.98. The molecule has 1 aliphatic rings. The Bertz CT molecular complexity index is 148. The number of aliphatic hydroxyl groups is 1. The van der Waals surface area contributed by atoms with E-state index in [2.05, 4.69) is 13.8 Å². The Balaban J connectivity index is 2.70. The molecule has 1 fully saturated rings. The van der Waals surface area contributed by atoms with Gasteiger partial charge in [-0.25, -0.2) is 0 Å². The zero-order valence-electron chi connectivity index (χ0n) is 7.72. The highest BCUT2D eigenvalue weighted by atomic mass is 16.3. The summed E-state index contributed by atoms with van der Waals surface area (Å²) in [5, 5.41) is 9.98. The zero-order chi connectivity index (χ0) is 8.70. The van der Waals surface area contributed by atoms with Gasteiger partial charge in [0.05, 0.1) is 5.60 Å². The van der Waals surface area contributed by atoms with Crippen molar-refractivity contribution in [3.8, 4) is 0 Å². The Morgan fingerprint density at radius 2 is 1.91 bits per heavy atom. The highest BCUT2D eigenvalue weighted by Gasteiger charge is 2.49. The third-order valence-electron chi connectivity index (χ3n) is 3.38. The van der Waals surface area contributed by atoms with Crippen molar-refractivity contribution in [2.45, 2.75) is 51.2 Å². The topological polar surface area (TPSA) is 46.2 Å². The van der Waals surface area contributed by atoms with E-state index in [0.29, 0.717) is 5.92 Å². The molecule has 2 heteroatoms. The first-order valence-electron chi connectivity index (χ1n) is 4.41. The molecule has 1 unspecified atom stereocenters. The fourth-order valence-corrected chi connectivity index (χ4v) is 1.59. The average Bonchev–Trinajstić information content (AvgIpc) is 1.82. The second kappa shape index (κ2) is 2.46. The molecule has 11 heavy (non-hydrogen) atoms. The molecule has 0 aromatic heterocycles. The molecule has 0 saturated heterocycles. The van der Waals surface area contributed by atoms with Gasteiger partial charge in [-0.3, -0.25) is 0 Å². The van der Waals surface area contributed by atoms with E-state index in [1.54, 1.807) is 0 Å². The van der Waals surface area contributed by atoms with Crippen LogP contribution in [0.1, 0.15) is 40.0 Å². The fraction of sp³-hybridized carbons (Fsp3) is 1.00. The van der Waals surface area contributed by atoms with Crippen LogP contribution in [0.4, 0.5) is 0 Å². The van der Waals surface area contributed by atoms with Crippen molar-refractivity contribution in [3.05, 3.63) is 0 Å². The Morgan fingerprint density at radius 1 is 1.45 bits per heavy atom. The second-order valence-electron chi connectivity index (χ2n) is 4.32. The molecule has 1 rings (SSSR count). The maximum absolute atomic E-state index is 9.98. The quantitative estimate of drug-likeness (QED) is 0.634. The van der Waals surface area contributed by atoms with Crippen LogP contribution in [0.15, 0.2) is 0 Å². The molecule has 1 aliphatic carbocycles. The molecule has 66 valence electrons. The van der Waals surface area contributed by atoms with E-state index in [1.165, 1.54) is 0 Å². The second-order valence-corrected chi connectivity index (χ2v) is 4.32. The van der Waals surface area contributed by atoms with Crippen molar-refractivity contribution in [2.75, 3.05) is 0 Å². The first kappa shape index (κ1) is 9.01. The lowest BCUT2D eigenvalue weighted by molar-refractivity contribution is -0.106. The third kappa shape index (κ3) is 1.18. The van der Waals surface area contributed by atoms with Crippen LogP contribution in [0.25, 0.3) is 0 Å². The Kier molecular flexibility index (Phi) is 2.01. The first-order chi connectivity index (χ1) is 4.90. The Hall–Kier alpha value is -0.0800. The van der Waals surface area contributed by atoms with Gasteiger partial charge in [-0.2, -0.15) is 0 Å². The van der Waals surface area contributed by atoms with Gasteiger partial charge >= 0.3 is 0 Å². The van der Waals surface area contributed by atoms with E-state index in [-0.39, 0.29) is 0 Å². The largest absolute Gasteiger partial charge is 0.388 e. The monoisotopic (exact) mass is 157 g/mol. The summed E-state index contributed by atoms with van der Waals surface area (Å²) >= 11 is 0. The minimum Gasteiger partial charge on any atom is -0.388 e. The van der Waals surface area contributed by atoms with Gasteiger partial charge in [-0.1, -0.05) is 13.8 Å². The third-order valence-corrected chi connectivity index (χ3v) is 3.38. The number of hydrogen-bond donors (Lipinski definition) is 2. The zero-order valence-corrected chi connectivity index (χ0v) is 7.72. The predicted molar refractivity (Wildman–Crippen MR) is 46.2 cm³/mol.